The van der Waals surface area contributed by atoms with Crippen LogP contribution < -0.4 is 4.74 Å². The summed E-state index contributed by atoms with van der Waals surface area (Å²) in [5, 5.41) is 8.62. The maximum absolute atomic E-state index is 13.0. The molecule has 7 nitrogen and oxygen atoms in total. The first-order chi connectivity index (χ1) is 12.8. The van der Waals surface area contributed by atoms with E-state index in [-0.39, 0.29) is 11.9 Å². The van der Waals surface area contributed by atoms with Crippen LogP contribution in [0.5, 0.6) is 5.75 Å². The van der Waals surface area contributed by atoms with Crippen LogP contribution >= 0.6 is 0 Å². The summed E-state index contributed by atoms with van der Waals surface area (Å²) in [6.07, 6.45) is 9.09. The molecule has 0 bridgehead atoms. The van der Waals surface area contributed by atoms with Gasteiger partial charge >= 0.3 is 0 Å². The number of carbonyl (C=O) groups is 1. The van der Waals surface area contributed by atoms with Gasteiger partial charge in [0, 0.05) is 25.1 Å². The summed E-state index contributed by atoms with van der Waals surface area (Å²) in [5.74, 6) is 0.730. The van der Waals surface area contributed by atoms with Gasteiger partial charge in [-0.1, -0.05) is 12.1 Å². The van der Waals surface area contributed by atoms with Gasteiger partial charge < -0.3 is 9.64 Å². The van der Waals surface area contributed by atoms with E-state index in [1.807, 2.05) is 46.1 Å². The molecule has 7 heteroatoms. The number of methoxy groups -OCH3 is 1. The zero-order chi connectivity index (χ0) is 17.9. The Bertz CT molecular complexity index is 887. The van der Waals surface area contributed by atoms with Crippen LogP contribution in [0.4, 0.5) is 0 Å². The molecule has 26 heavy (non-hydrogen) atoms. The maximum Gasteiger partial charge on any atom is 0.257 e. The van der Waals surface area contributed by atoms with Crippen molar-refractivity contribution in [3.63, 3.8) is 0 Å². The van der Waals surface area contributed by atoms with Crippen molar-refractivity contribution >= 4 is 5.91 Å². The second-order valence-corrected chi connectivity index (χ2v) is 6.37. The van der Waals surface area contributed by atoms with E-state index in [9.17, 15) is 4.79 Å². The van der Waals surface area contributed by atoms with Crippen LogP contribution in [0, 0.1) is 0 Å². The first-order valence-corrected chi connectivity index (χ1v) is 8.73. The van der Waals surface area contributed by atoms with E-state index in [2.05, 4.69) is 10.2 Å². The largest absolute Gasteiger partial charge is 0.494 e. The summed E-state index contributed by atoms with van der Waals surface area (Å²) in [6, 6.07) is 9.68. The molecule has 1 amide bonds. The van der Waals surface area contributed by atoms with Crippen molar-refractivity contribution in [2.75, 3.05) is 13.7 Å². The van der Waals surface area contributed by atoms with Crippen molar-refractivity contribution in [3.05, 3.63) is 60.7 Å². The van der Waals surface area contributed by atoms with E-state index < -0.39 is 0 Å². The molecule has 1 saturated heterocycles. The van der Waals surface area contributed by atoms with Gasteiger partial charge in [-0.25, -0.2) is 4.68 Å². The molecule has 0 N–H and O–H groups in total. The predicted molar refractivity (Wildman–Crippen MR) is 96.4 cm³/mol. The standard InChI is InChI=1S/C19H21N5O2/c1-26-18-8-3-2-7-17(18)24-13-15(12-21-24)19(25)23-11-4-6-16(23)14-22-10-5-9-20-22/h2-3,5,7-10,12-13,16H,4,6,11,14H2,1H3/t16-/m0/s1. The summed E-state index contributed by atoms with van der Waals surface area (Å²) >= 11 is 0. The molecular weight excluding hydrogens is 330 g/mol. The van der Waals surface area contributed by atoms with Crippen LogP contribution in [0.1, 0.15) is 23.2 Å². The van der Waals surface area contributed by atoms with E-state index in [4.69, 9.17) is 4.74 Å². The zero-order valence-electron chi connectivity index (χ0n) is 14.7. The van der Waals surface area contributed by atoms with E-state index in [1.54, 1.807) is 30.4 Å². The van der Waals surface area contributed by atoms with Gasteiger partial charge in [0.25, 0.3) is 5.91 Å². The Kier molecular flexibility index (Phi) is 4.43. The summed E-state index contributed by atoms with van der Waals surface area (Å²) in [4.78, 5) is 14.9. The third-order valence-electron chi connectivity index (χ3n) is 4.76. The molecule has 1 aromatic carbocycles. The number of carbonyl (C=O) groups excluding carboxylic acids is 1. The van der Waals surface area contributed by atoms with Crippen molar-refractivity contribution in [1.82, 2.24) is 24.5 Å². The fourth-order valence-electron chi connectivity index (χ4n) is 3.47. The van der Waals surface area contributed by atoms with Gasteiger partial charge in [0.1, 0.15) is 11.4 Å². The third-order valence-corrected chi connectivity index (χ3v) is 4.76. The Morgan fingerprint density at radius 3 is 2.96 bits per heavy atom. The normalized spacial score (nSPS) is 16.8. The van der Waals surface area contributed by atoms with Gasteiger partial charge in [0.05, 0.1) is 31.5 Å². The highest BCUT2D eigenvalue weighted by Gasteiger charge is 2.30. The highest BCUT2D eigenvalue weighted by molar-refractivity contribution is 5.94. The number of ether oxygens (including phenoxy) is 1. The van der Waals surface area contributed by atoms with Crippen molar-refractivity contribution < 1.29 is 9.53 Å². The number of likely N-dealkylation sites (tertiary alicyclic amines) is 1. The number of amides is 1. The Morgan fingerprint density at radius 1 is 1.27 bits per heavy atom. The van der Waals surface area contributed by atoms with Crippen molar-refractivity contribution in [2.24, 2.45) is 0 Å². The number of nitrogens with zero attached hydrogens (tertiary/aromatic N) is 5. The van der Waals surface area contributed by atoms with Crippen molar-refractivity contribution in [3.8, 4) is 11.4 Å². The average Bonchev–Trinajstić information content (AvgIpc) is 3.43. The van der Waals surface area contributed by atoms with Gasteiger partial charge in [-0.2, -0.15) is 10.2 Å². The summed E-state index contributed by atoms with van der Waals surface area (Å²) < 4.78 is 8.95. The molecule has 0 radical (unpaired) electrons. The van der Waals surface area contributed by atoms with Crippen LogP contribution in [0.2, 0.25) is 0 Å². The minimum Gasteiger partial charge on any atom is -0.494 e. The second-order valence-electron chi connectivity index (χ2n) is 6.37. The van der Waals surface area contributed by atoms with Crippen LogP contribution in [0.15, 0.2) is 55.1 Å². The van der Waals surface area contributed by atoms with E-state index in [0.717, 1.165) is 31.6 Å². The number of para-hydroxylation sites is 2. The minimum absolute atomic E-state index is 0.0146. The quantitative estimate of drug-likeness (QED) is 0.708. The van der Waals surface area contributed by atoms with E-state index in [1.165, 1.54) is 0 Å². The summed E-state index contributed by atoms with van der Waals surface area (Å²) in [6.45, 7) is 1.49. The fourth-order valence-corrected chi connectivity index (χ4v) is 3.47. The monoisotopic (exact) mass is 351 g/mol. The number of rotatable bonds is 5. The molecule has 0 unspecified atom stereocenters. The maximum atomic E-state index is 13.0. The van der Waals surface area contributed by atoms with Gasteiger partial charge in [0.15, 0.2) is 0 Å². The summed E-state index contributed by atoms with van der Waals surface area (Å²) in [5.41, 5.74) is 1.40. The molecule has 0 saturated carbocycles. The average molecular weight is 351 g/mol. The Balaban J connectivity index is 1.54. The topological polar surface area (TPSA) is 65.2 Å². The van der Waals surface area contributed by atoms with Gasteiger partial charge in [-0.05, 0) is 31.0 Å². The highest BCUT2D eigenvalue weighted by atomic mass is 16.5. The zero-order valence-corrected chi connectivity index (χ0v) is 14.7. The number of aromatic nitrogens is 4. The summed E-state index contributed by atoms with van der Waals surface area (Å²) in [7, 11) is 1.62. The Hall–Kier alpha value is -3.09. The molecule has 0 aliphatic carbocycles. The minimum atomic E-state index is 0.0146. The molecule has 3 aromatic rings. The lowest BCUT2D eigenvalue weighted by molar-refractivity contribution is 0.0721. The van der Waals surface area contributed by atoms with Gasteiger partial charge in [-0.3, -0.25) is 9.48 Å². The molecule has 1 fully saturated rings. The first-order valence-electron chi connectivity index (χ1n) is 8.73. The van der Waals surface area contributed by atoms with Crippen LogP contribution in [-0.2, 0) is 6.54 Å². The lowest BCUT2D eigenvalue weighted by Crippen LogP contribution is -2.38. The molecule has 0 spiro atoms. The molecule has 2 aromatic heterocycles. The Labute approximate surface area is 151 Å². The van der Waals surface area contributed by atoms with E-state index in [0.29, 0.717) is 11.3 Å². The Morgan fingerprint density at radius 2 is 2.15 bits per heavy atom. The SMILES string of the molecule is COc1ccccc1-n1cc(C(=O)N2CCC[C@H]2Cn2cccn2)cn1. The lowest BCUT2D eigenvalue weighted by Gasteiger charge is -2.24. The van der Waals surface area contributed by atoms with Crippen molar-refractivity contribution in [2.45, 2.75) is 25.4 Å². The molecule has 1 atom stereocenters. The molecule has 134 valence electrons. The number of hydrogen-bond acceptors (Lipinski definition) is 4. The molecule has 1 aliphatic heterocycles. The van der Waals surface area contributed by atoms with Crippen LogP contribution in [0.25, 0.3) is 5.69 Å². The smallest absolute Gasteiger partial charge is 0.257 e. The van der Waals surface area contributed by atoms with Crippen LogP contribution in [0.3, 0.4) is 0 Å². The van der Waals surface area contributed by atoms with Crippen LogP contribution in [-0.4, -0.2) is 50.1 Å². The van der Waals surface area contributed by atoms with Gasteiger partial charge in [0.2, 0.25) is 0 Å². The van der Waals surface area contributed by atoms with Gasteiger partial charge in [-0.15, -0.1) is 0 Å². The molecular formula is C19H21N5O2. The number of benzene rings is 1. The van der Waals surface area contributed by atoms with E-state index >= 15 is 0 Å². The predicted octanol–water partition coefficient (Wildman–Crippen LogP) is 2.38. The fraction of sp³-hybridized carbons (Fsp3) is 0.316. The van der Waals surface area contributed by atoms with Crippen molar-refractivity contribution in [1.29, 1.82) is 0 Å². The molecule has 4 rings (SSSR count). The lowest BCUT2D eigenvalue weighted by atomic mass is 10.2. The first kappa shape index (κ1) is 16.4. The number of hydrogen-bond donors (Lipinski definition) is 0. The highest BCUT2D eigenvalue weighted by Crippen LogP contribution is 2.24. The molecule has 3 heterocycles. The molecule has 1 aliphatic rings. The second kappa shape index (κ2) is 7.03. The third kappa shape index (κ3) is 3.08.